The van der Waals surface area contributed by atoms with E-state index in [9.17, 15) is 4.79 Å². The Labute approximate surface area is 115 Å². The van der Waals surface area contributed by atoms with Gasteiger partial charge in [0.2, 0.25) is 0 Å². The molecule has 1 aromatic heterocycles. The van der Waals surface area contributed by atoms with Crippen molar-refractivity contribution in [2.24, 2.45) is 5.92 Å². The number of nitrogen functional groups attached to an aromatic ring is 1. The molecule has 0 aromatic carbocycles. The lowest BCUT2D eigenvalue weighted by atomic mass is 10.0. The van der Waals surface area contributed by atoms with Crippen LogP contribution in [-0.4, -0.2) is 42.5 Å². The van der Waals surface area contributed by atoms with E-state index in [2.05, 4.69) is 29.0 Å². The van der Waals surface area contributed by atoms with E-state index in [0.29, 0.717) is 17.3 Å². The Balaban J connectivity index is 2.69. The van der Waals surface area contributed by atoms with Gasteiger partial charge in [0.1, 0.15) is 5.82 Å². The van der Waals surface area contributed by atoms with E-state index in [-0.39, 0.29) is 11.9 Å². The maximum Gasteiger partial charge on any atom is 0.251 e. The molecule has 1 amide bonds. The molecule has 19 heavy (non-hydrogen) atoms. The lowest BCUT2D eigenvalue weighted by Crippen LogP contribution is -2.42. The Morgan fingerprint density at radius 2 is 2.16 bits per heavy atom. The number of rotatable bonds is 6. The summed E-state index contributed by atoms with van der Waals surface area (Å²) in [6, 6.07) is 3.41. The van der Waals surface area contributed by atoms with E-state index >= 15 is 0 Å². The van der Waals surface area contributed by atoms with Gasteiger partial charge in [0.15, 0.2) is 0 Å². The van der Waals surface area contributed by atoms with E-state index in [1.807, 2.05) is 14.1 Å². The Morgan fingerprint density at radius 3 is 2.68 bits per heavy atom. The van der Waals surface area contributed by atoms with Crippen LogP contribution in [0.1, 0.15) is 30.6 Å². The van der Waals surface area contributed by atoms with Gasteiger partial charge in [0, 0.05) is 24.3 Å². The van der Waals surface area contributed by atoms with Crippen LogP contribution in [0.25, 0.3) is 0 Å². The van der Waals surface area contributed by atoms with Gasteiger partial charge in [-0.15, -0.1) is 0 Å². The van der Waals surface area contributed by atoms with Crippen molar-refractivity contribution in [1.29, 1.82) is 0 Å². The third kappa shape index (κ3) is 5.70. The first-order valence-electron chi connectivity index (χ1n) is 6.55. The van der Waals surface area contributed by atoms with Crippen LogP contribution in [0.2, 0.25) is 0 Å². The van der Waals surface area contributed by atoms with Gasteiger partial charge in [-0.3, -0.25) is 4.79 Å². The molecule has 1 atom stereocenters. The third-order valence-electron chi connectivity index (χ3n) is 2.72. The first kappa shape index (κ1) is 15.4. The van der Waals surface area contributed by atoms with Crippen LogP contribution in [0.5, 0.6) is 0 Å². The average molecular weight is 264 g/mol. The van der Waals surface area contributed by atoms with Crippen molar-refractivity contribution >= 4 is 11.7 Å². The number of carbonyl (C=O) groups excluding carboxylic acids is 1. The predicted octanol–water partition coefficient (Wildman–Crippen LogP) is 1.37. The highest BCUT2D eigenvalue weighted by Gasteiger charge is 2.16. The molecule has 1 aromatic rings. The van der Waals surface area contributed by atoms with Crippen molar-refractivity contribution < 1.29 is 4.79 Å². The van der Waals surface area contributed by atoms with Gasteiger partial charge in [-0.1, -0.05) is 13.8 Å². The summed E-state index contributed by atoms with van der Waals surface area (Å²) in [6.07, 6.45) is 2.50. The number of hydrogen-bond donors (Lipinski definition) is 2. The number of nitrogens with zero attached hydrogens (tertiary/aromatic N) is 2. The number of aromatic nitrogens is 1. The lowest BCUT2D eigenvalue weighted by molar-refractivity contribution is 0.0924. The molecule has 106 valence electrons. The van der Waals surface area contributed by atoms with E-state index in [4.69, 9.17) is 5.73 Å². The number of amides is 1. The average Bonchev–Trinajstić information content (AvgIpc) is 2.26. The van der Waals surface area contributed by atoms with E-state index in [1.54, 1.807) is 18.3 Å². The monoisotopic (exact) mass is 264 g/mol. The third-order valence-corrected chi connectivity index (χ3v) is 2.72. The van der Waals surface area contributed by atoms with Crippen LogP contribution in [-0.2, 0) is 0 Å². The molecule has 0 spiro atoms. The summed E-state index contributed by atoms with van der Waals surface area (Å²) >= 11 is 0. The summed E-state index contributed by atoms with van der Waals surface area (Å²) in [6.45, 7) is 5.13. The molecular formula is C14H24N4O. The van der Waals surface area contributed by atoms with Gasteiger partial charge in [-0.25, -0.2) is 4.98 Å². The largest absolute Gasteiger partial charge is 0.384 e. The molecule has 1 unspecified atom stereocenters. The minimum Gasteiger partial charge on any atom is -0.384 e. The topological polar surface area (TPSA) is 71.2 Å². The van der Waals surface area contributed by atoms with E-state index < -0.39 is 0 Å². The smallest absolute Gasteiger partial charge is 0.251 e. The van der Waals surface area contributed by atoms with Crippen LogP contribution in [0, 0.1) is 5.92 Å². The van der Waals surface area contributed by atoms with Crippen molar-refractivity contribution in [3.8, 4) is 0 Å². The molecule has 0 radical (unpaired) electrons. The molecule has 5 nitrogen and oxygen atoms in total. The summed E-state index contributed by atoms with van der Waals surface area (Å²) in [7, 11) is 4.01. The Kier molecular flexibility index (Phi) is 5.76. The Hall–Kier alpha value is -1.62. The molecule has 0 aliphatic rings. The number of pyridine rings is 1. The molecule has 0 aliphatic heterocycles. The zero-order valence-corrected chi connectivity index (χ0v) is 12.2. The second-order valence-electron chi connectivity index (χ2n) is 5.53. The molecular weight excluding hydrogens is 240 g/mol. The second-order valence-corrected chi connectivity index (χ2v) is 5.53. The summed E-state index contributed by atoms with van der Waals surface area (Å²) in [5, 5.41) is 3.06. The lowest BCUT2D eigenvalue weighted by Gasteiger charge is -2.24. The van der Waals surface area contributed by atoms with Gasteiger partial charge < -0.3 is 16.0 Å². The van der Waals surface area contributed by atoms with Crippen molar-refractivity contribution in [2.75, 3.05) is 26.4 Å². The minimum atomic E-state index is -0.0957. The SMILES string of the molecule is CC(C)CC(CN(C)C)NC(=O)c1ccnc(N)c1. The highest BCUT2D eigenvalue weighted by molar-refractivity contribution is 5.94. The highest BCUT2D eigenvalue weighted by Crippen LogP contribution is 2.08. The number of nitrogens with two attached hydrogens (primary N) is 1. The van der Waals surface area contributed by atoms with Gasteiger partial charge in [-0.05, 0) is 38.6 Å². The fourth-order valence-corrected chi connectivity index (χ4v) is 2.05. The van der Waals surface area contributed by atoms with Gasteiger partial charge >= 0.3 is 0 Å². The van der Waals surface area contributed by atoms with Crippen molar-refractivity contribution in [1.82, 2.24) is 15.2 Å². The zero-order valence-electron chi connectivity index (χ0n) is 12.2. The van der Waals surface area contributed by atoms with E-state index in [0.717, 1.165) is 13.0 Å². The van der Waals surface area contributed by atoms with Gasteiger partial charge in [-0.2, -0.15) is 0 Å². The van der Waals surface area contributed by atoms with Crippen LogP contribution < -0.4 is 11.1 Å². The molecule has 0 saturated carbocycles. The number of likely N-dealkylation sites (N-methyl/N-ethyl adjacent to an activating group) is 1. The zero-order chi connectivity index (χ0) is 14.4. The molecule has 5 heteroatoms. The summed E-state index contributed by atoms with van der Waals surface area (Å²) in [4.78, 5) is 18.1. The normalized spacial score (nSPS) is 12.7. The fourth-order valence-electron chi connectivity index (χ4n) is 2.05. The maximum atomic E-state index is 12.2. The van der Waals surface area contributed by atoms with Crippen LogP contribution in [0.4, 0.5) is 5.82 Å². The molecule has 1 heterocycles. The second kappa shape index (κ2) is 7.09. The van der Waals surface area contributed by atoms with Crippen LogP contribution in [0.15, 0.2) is 18.3 Å². The van der Waals surface area contributed by atoms with Crippen molar-refractivity contribution in [3.05, 3.63) is 23.9 Å². The molecule has 3 N–H and O–H groups in total. The Bertz CT molecular complexity index is 408. The maximum absolute atomic E-state index is 12.2. The van der Waals surface area contributed by atoms with Gasteiger partial charge in [0.25, 0.3) is 5.91 Å². The van der Waals surface area contributed by atoms with Gasteiger partial charge in [0.05, 0.1) is 0 Å². The highest BCUT2D eigenvalue weighted by atomic mass is 16.1. The quantitative estimate of drug-likeness (QED) is 0.814. The standard InChI is InChI=1S/C14H24N4O/c1-10(2)7-12(9-18(3)4)17-14(19)11-5-6-16-13(15)8-11/h5-6,8,10,12H,7,9H2,1-4H3,(H2,15,16)(H,17,19). The number of carbonyl (C=O) groups is 1. The predicted molar refractivity (Wildman–Crippen MR) is 77.9 cm³/mol. The summed E-state index contributed by atoms with van der Waals surface area (Å²) in [5.41, 5.74) is 6.14. The number of hydrogen-bond acceptors (Lipinski definition) is 4. The Morgan fingerprint density at radius 1 is 1.47 bits per heavy atom. The minimum absolute atomic E-state index is 0.0957. The molecule has 0 saturated heterocycles. The molecule has 0 bridgehead atoms. The fraction of sp³-hybridized carbons (Fsp3) is 0.571. The molecule has 0 fully saturated rings. The van der Waals surface area contributed by atoms with Crippen molar-refractivity contribution in [2.45, 2.75) is 26.3 Å². The first-order valence-corrected chi connectivity index (χ1v) is 6.55. The van der Waals surface area contributed by atoms with Crippen molar-refractivity contribution in [3.63, 3.8) is 0 Å². The summed E-state index contributed by atoms with van der Waals surface area (Å²) < 4.78 is 0. The van der Waals surface area contributed by atoms with Crippen LogP contribution in [0.3, 0.4) is 0 Å². The number of nitrogens with one attached hydrogen (secondary N) is 1. The first-order chi connectivity index (χ1) is 8.88. The van der Waals surface area contributed by atoms with Crippen LogP contribution >= 0.6 is 0 Å². The molecule has 1 rings (SSSR count). The number of anilines is 1. The molecule has 0 aliphatic carbocycles. The summed E-state index contributed by atoms with van der Waals surface area (Å²) in [5.74, 6) is 0.801. The van der Waals surface area contributed by atoms with E-state index in [1.165, 1.54) is 0 Å².